The minimum absolute atomic E-state index is 0.0215. The largest absolute Gasteiger partial charge is 0.480 e. The molecule has 4 N–H and O–H groups in total. The van der Waals surface area contributed by atoms with Gasteiger partial charge in [0.2, 0.25) is 16.9 Å². The van der Waals surface area contributed by atoms with E-state index in [2.05, 4.69) is 16.0 Å². The maximum atomic E-state index is 12.8. The van der Waals surface area contributed by atoms with Crippen molar-refractivity contribution in [2.45, 2.75) is 32.4 Å². The first-order valence-corrected chi connectivity index (χ1v) is 13.6. The number of hydrogen-bond donors (Lipinski definition) is 4. The first kappa shape index (κ1) is 30.5. The summed E-state index contributed by atoms with van der Waals surface area (Å²) < 4.78 is 0. The van der Waals surface area contributed by atoms with Crippen LogP contribution in [0.2, 0.25) is 10.0 Å². The van der Waals surface area contributed by atoms with E-state index in [9.17, 15) is 29.1 Å². The number of carbonyl (C=O) groups is 5. The summed E-state index contributed by atoms with van der Waals surface area (Å²) in [7, 11) is 0. The van der Waals surface area contributed by atoms with Crippen LogP contribution in [0.25, 0.3) is 0 Å². The van der Waals surface area contributed by atoms with Gasteiger partial charge in [-0.2, -0.15) is 0 Å². The van der Waals surface area contributed by atoms with Gasteiger partial charge in [0.15, 0.2) is 5.12 Å². The van der Waals surface area contributed by atoms with E-state index < -0.39 is 35.0 Å². The molecular formula is C24H25Cl2N3O6S2. The third-order valence-electron chi connectivity index (χ3n) is 4.72. The normalized spacial score (nSPS) is 12.2. The Hall–Kier alpha value is -2.73. The molecule has 2 aromatic rings. The summed E-state index contributed by atoms with van der Waals surface area (Å²) in [6.45, 7) is 2.40. The van der Waals surface area contributed by atoms with Crippen LogP contribution < -0.4 is 16.0 Å². The number of hydrogen-bond acceptors (Lipinski definition) is 8. The summed E-state index contributed by atoms with van der Waals surface area (Å²) in [6, 6.07) is 9.91. The SMILES string of the molecule is CC(=O)NC(CSC(=O)C(CSC(=O)Cc1ccccc1Nc1c(Cl)cccc1Cl)NC(C)=O)C(=O)O. The Labute approximate surface area is 232 Å². The number of carboxylic acid groups (broad SMARTS) is 1. The highest BCUT2D eigenvalue weighted by Crippen LogP contribution is 2.34. The molecule has 0 radical (unpaired) electrons. The molecule has 0 bridgehead atoms. The Bertz CT molecular complexity index is 1160. The van der Waals surface area contributed by atoms with Gasteiger partial charge in [-0.1, -0.05) is 71.0 Å². The van der Waals surface area contributed by atoms with E-state index in [-0.39, 0.29) is 23.0 Å². The van der Waals surface area contributed by atoms with Gasteiger partial charge in [-0.3, -0.25) is 19.2 Å². The van der Waals surface area contributed by atoms with Gasteiger partial charge in [0.05, 0.1) is 15.7 Å². The molecule has 0 saturated heterocycles. The molecule has 2 unspecified atom stereocenters. The summed E-state index contributed by atoms with van der Waals surface area (Å²) in [5.41, 5.74) is 1.81. The van der Waals surface area contributed by atoms with E-state index in [0.717, 1.165) is 11.8 Å². The van der Waals surface area contributed by atoms with Crippen LogP contribution in [0, 0.1) is 0 Å². The van der Waals surface area contributed by atoms with Crippen LogP contribution in [-0.2, 0) is 30.4 Å². The second-order valence-electron chi connectivity index (χ2n) is 7.71. The van der Waals surface area contributed by atoms with Crippen molar-refractivity contribution in [3.05, 3.63) is 58.1 Å². The number of nitrogens with one attached hydrogen (secondary N) is 3. The van der Waals surface area contributed by atoms with Crippen LogP contribution in [0.5, 0.6) is 0 Å². The fourth-order valence-electron chi connectivity index (χ4n) is 3.03. The number of carbonyl (C=O) groups excluding carboxylic acids is 4. The standard InChI is InChI=1S/C24H25Cl2N3O6S2/c1-13(30)27-19(23(33)34)11-37-24(35)20(28-14(2)31)12-36-21(32)10-15-6-3-4-9-18(15)29-22-16(25)7-5-8-17(22)26/h3-9,19-20,29H,10-12H2,1-2H3,(H,27,30)(H,28,31)(H,33,34). The Kier molecular flexibility index (Phi) is 12.3. The molecule has 9 nitrogen and oxygen atoms in total. The van der Waals surface area contributed by atoms with Crippen molar-refractivity contribution in [1.82, 2.24) is 10.6 Å². The molecule has 2 rings (SSSR count). The minimum Gasteiger partial charge on any atom is -0.480 e. The molecule has 0 aromatic heterocycles. The number of para-hydroxylation sites is 2. The topological polar surface area (TPSA) is 142 Å². The molecule has 0 aliphatic heterocycles. The van der Waals surface area contributed by atoms with Crippen molar-refractivity contribution in [2.75, 3.05) is 16.8 Å². The molecule has 13 heteroatoms. The van der Waals surface area contributed by atoms with Gasteiger partial charge in [0.1, 0.15) is 12.1 Å². The summed E-state index contributed by atoms with van der Waals surface area (Å²) in [4.78, 5) is 59.5. The van der Waals surface area contributed by atoms with Crippen molar-refractivity contribution >= 4 is 86.1 Å². The molecule has 2 aromatic carbocycles. The molecule has 0 saturated carbocycles. The highest BCUT2D eigenvalue weighted by molar-refractivity contribution is 8.15. The zero-order valence-corrected chi connectivity index (χ0v) is 23.0. The number of anilines is 2. The molecule has 0 spiro atoms. The fraction of sp³-hybridized carbons (Fsp3) is 0.292. The van der Waals surface area contributed by atoms with E-state index in [1.807, 2.05) is 0 Å². The molecule has 0 aliphatic rings. The second kappa shape index (κ2) is 14.9. The van der Waals surface area contributed by atoms with Crippen LogP contribution in [0.4, 0.5) is 11.4 Å². The van der Waals surface area contributed by atoms with Gasteiger partial charge in [0.25, 0.3) is 0 Å². The van der Waals surface area contributed by atoms with Crippen molar-refractivity contribution in [1.29, 1.82) is 0 Å². The summed E-state index contributed by atoms with van der Waals surface area (Å²) in [5.74, 6) is -2.59. The number of aliphatic carboxylic acids is 1. The number of halogens is 2. The van der Waals surface area contributed by atoms with Gasteiger partial charge in [-0.15, -0.1) is 0 Å². The van der Waals surface area contributed by atoms with Gasteiger partial charge in [-0.05, 0) is 23.8 Å². The number of amides is 2. The number of benzene rings is 2. The van der Waals surface area contributed by atoms with Gasteiger partial charge < -0.3 is 21.1 Å². The van der Waals surface area contributed by atoms with Crippen molar-refractivity contribution in [3.63, 3.8) is 0 Å². The lowest BCUT2D eigenvalue weighted by molar-refractivity contribution is -0.140. The Morgan fingerprint density at radius 2 is 1.41 bits per heavy atom. The summed E-state index contributed by atoms with van der Waals surface area (Å²) >= 11 is 14.0. The maximum absolute atomic E-state index is 12.8. The van der Waals surface area contributed by atoms with E-state index in [1.165, 1.54) is 13.8 Å². The van der Waals surface area contributed by atoms with E-state index in [1.54, 1.807) is 42.5 Å². The van der Waals surface area contributed by atoms with Gasteiger partial charge in [-0.25, -0.2) is 4.79 Å². The average Bonchev–Trinajstić information content (AvgIpc) is 2.82. The zero-order valence-electron chi connectivity index (χ0n) is 19.9. The highest BCUT2D eigenvalue weighted by Gasteiger charge is 2.26. The number of carboxylic acids is 1. The molecule has 2 atom stereocenters. The lowest BCUT2D eigenvalue weighted by Gasteiger charge is -2.18. The molecule has 37 heavy (non-hydrogen) atoms. The zero-order chi connectivity index (χ0) is 27.5. The fourth-order valence-corrected chi connectivity index (χ4v) is 5.37. The predicted octanol–water partition coefficient (Wildman–Crippen LogP) is 3.89. The van der Waals surface area contributed by atoms with Crippen LogP contribution in [-0.4, -0.2) is 56.7 Å². The second-order valence-corrected chi connectivity index (χ2v) is 10.6. The van der Waals surface area contributed by atoms with Crippen LogP contribution in [0.3, 0.4) is 0 Å². The molecule has 198 valence electrons. The van der Waals surface area contributed by atoms with Crippen molar-refractivity contribution in [2.24, 2.45) is 0 Å². The predicted molar refractivity (Wildman–Crippen MR) is 148 cm³/mol. The Morgan fingerprint density at radius 1 is 0.838 bits per heavy atom. The molecule has 0 fully saturated rings. The van der Waals surface area contributed by atoms with Gasteiger partial charge in [0, 0.05) is 37.5 Å². The average molecular weight is 587 g/mol. The first-order valence-electron chi connectivity index (χ1n) is 10.9. The van der Waals surface area contributed by atoms with E-state index in [4.69, 9.17) is 23.2 Å². The van der Waals surface area contributed by atoms with Crippen LogP contribution in [0.15, 0.2) is 42.5 Å². The number of thioether (sulfide) groups is 2. The third-order valence-corrected chi connectivity index (χ3v) is 7.38. The quantitative estimate of drug-likeness (QED) is 0.291. The van der Waals surface area contributed by atoms with E-state index >= 15 is 0 Å². The minimum atomic E-state index is -1.29. The lowest BCUT2D eigenvalue weighted by atomic mass is 10.1. The van der Waals surface area contributed by atoms with Crippen molar-refractivity contribution < 1.29 is 29.1 Å². The Balaban J connectivity index is 2.03. The van der Waals surface area contributed by atoms with Crippen LogP contribution in [0.1, 0.15) is 19.4 Å². The Morgan fingerprint density at radius 3 is 2.00 bits per heavy atom. The summed E-state index contributed by atoms with van der Waals surface area (Å²) in [6.07, 6.45) is 0.0215. The number of rotatable bonds is 12. The molecule has 0 aliphatic carbocycles. The molecule has 0 heterocycles. The lowest BCUT2D eigenvalue weighted by Crippen LogP contribution is -2.44. The molecule has 2 amide bonds. The monoisotopic (exact) mass is 585 g/mol. The van der Waals surface area contributed by atoms with Crippen LogP contribution >= 0.6 is 46.7 Å². The highest BCUT2D eigenvalue weighted by atomic mass is 35.5. The van der Waals surface area contributed by atoms with E-state index in [0.29, 0.717) is 38.7 Å². The molecular weight excluding hydrogens is 561 g/mol. The summed E-state index contributed by atoms with van der Waals surface area (Å²) in [5, 5.41) is 17.1. The maximum Gasteiger partial charge on any atom is 0.327 e. The van der Waals surface area contributed by atoms with Gasteiger partial charge >= 0.3 is 5.97 Å². The smallest absolute Gasteiger partial charge is 0.327 e. The third kappa shape index (κ3) is 10.3. The van der Waals surface area contributed by atoms with Crippen molar-refractivity contribution in [3.8, 4) is 0 Å². The first-order chi connectivity index (χ1) is 17.5.